The molecule has 0 aliphatic carbocycles. The minimum Gasteiger partial charge on any atom is -0.463 e. The molecule has 154 valence electrons. The van der Waals surface area contributed by atoms with E-state index in [0.29, 0.717) is 22.4 Å². The fraction of sp³-hybridized carbons (Fsp3) is 0.182. The molecule has 0 bridgehead atoms. The molecule has 0 fully saturated rings. The Labute approximate surface area is 173 Å². The third kappa shape index (κ3) is 5.39. The first kappa shape index (κ1) is 20.9. The molecular weight excluding hydrogens is 384 g/mol. The van der Waals surface area contributed by atoms with Crippen molar-refractivity contribution in [2.45, 2.75) is 13.0 Å². The molecule has 1 atom stereocenters. The van der Waals surface area contributed by atoms with E-state index in [1.807, 2.05) is 30.3 Å². The number of aliphatic hydroxyl groups is 1. The number of carbonyl (C=O) groups excluding carboxylic acids is 2. The Morgan fingerprint density at radius 2 is 1.93 bits per heavy atom. The van der Waals surface area contributed by atoms with Gasteiger partial charge in [0.2, 0.25) is 5.91 Å². The highest BCUT2D eigenvalue weighted by Crippen LogP contribution is 2.26. The first-order valence-corrected chi connectivity index (χ1v) is 9.43. The number of ether oxygens (including phenoxy) is 1. The van der Waals surface area contributed by atoms with E-state index in [9.17, 15) is 14.7 Å². The molecule has 0 aliphatic heterocycles. The Morgan fingerprint density at radius 3 is 2.67 bits per heavy atom. The van der Waals surface area contributed by atoms with Crippen LogP contribution in [-0.2, 0) is 14.3 Å². The lowest BCUT2D eigenvalue weighted by Crippen LogP contribution is -2.16. The highest BCUT2D eigenvalue weighted by molar-refractivity contribution is 6.04. The fourth-order valence-corrected chi connectivity index (χ4v) is 2.85. The van der Waals surface area contributed by atoms with Crippen molar-refractivity contribution in [1.29, 1.82) is 0 Å². The zero-order chi connectivity index (χ0) is 21.3. The van der Waals surface area contributed by atoms with E-state index < -0.39 is 11.9 Å². The van der Waals surface area contributed by atoms with E-state index in [-0.39, 0.29) is 19.3 Å². The number of rotatable bonds is 8. The largest absolute Gasteiger partial charge is 0.463 e. The van der Waals surface area contributed by atoms with Crippen LogP contribution >= 0.6 is 0 Å². The second-order valence-electron chi connectivity index (χ2n) is 6.32. The maximum atomic E-state index is 12.1. The summed E-state index contributed by atoms with van der Waals surface area (Å²) in [5, 5.41) is 16.4. The van der Waals surface area contributed by atoms with E-state index in [4.69, 9.17) is 4.74 Å². The third-order valence-electron chi connectivity index (χ3n) is 4.26. The number of fused-ring (bicyclic) bond motifs is 1. The summed E-state index contributed by atoms with van der Waals surface area (Å²) in [6.45, 7) is 1.81. The van der Waals surface area contributed by atoms with Crippen molar-refractivity contribution < 1.29 is 19.4 Å². The normalized spacial score (nSPS) is 11.9. The van der Waals surface area contributed by atoms with Crippen LogP contribution in [0, 0.1) is 0 Å². The van der Waals surface area contributed by atoms with Crippen LogP contribution in [-0.4, -0.2) is 40.2 Å². The molecule has 8 heteroatoms. The number of nitrogens with one attached hydrogen (secondary N) is 2. The molecule has 30 heavy (non-hydrogen) atoms. The van der Waals surface area contributed by atoms with Crippen LogP contribution in [0.4, 0.5) is 11.5 Å². The number of carbonyl (C=O) groups is 2. The molecule has 0 saturated heterocycles. The van der Waals surface area contributed by atoms with Crippen LogP contribution in [0.5, 0.6) is 0 Å². The van der Waals surface area contributed by atoms with E-state index in [2.05, 4.69) is 20.6 Å². The predicted octanol–water partition coefficient (Wildman–Crippen LogP) is 2.83. The molecule has 8 nitrogen and oxygen atoms in total. The summed E-state index contributed by atoms with van der Waals surface area (Å²) in [5.74, 6) is -0.519. The zero-order valence-electron chi connectivity index (χ0n) is 16.4. The van der Waals surface area contributed by atoms with E-state index in [1.165, 1.54) is 6.33 Å². The van der Waals surface area contributed by atoms with Gasteiger partial charge < -0.3 is 20.5 Å². The summed E-state index contributed by atoms with van der Waals surface area (Å²) < 4.78 is 4.75. The highest BCUT2D eigenvalue weighted by Gasteiger charge is 2.13. The fourth-order valence-electron chi connectivity index (χ4n) is 2.85. The molecule has 0 unspecified atom stereocenters. The minimum atomic E-state index is -0.581. The number of nitrogens with zero attached hydrogens (tertiary/aromatic N) is 2. The maximum absolute atomic E-state index is 12.1. The van der Waals surface area contributed by atoms with Gasteiger partial charge in [-0.3, -0.25) is 4.79 Å². The number of aromatic nitrogens is 2. The number of esters is 1. The second kappa shape index (κ2) is 10.1. The Hall–Kier alpha value is -3.78. The summed E-state index contributed by atoms with van der Waals surface area (Å²) in [6.07, 6.45) is 3.62. The predicted molar refractivity (Wildman–Crippen MR) is 114 cm³/mol. The number of aliphatic hydroxyl groups excluding tert-OH is 1. The van der Waals surface area contributed by atoms with Crippen LogP contribution in [0.3, 0.4) is 0 Å². The summed E-state index contributed by atoms with van der Waals surface area (Å²) in [7, 11) is 0. The number of anilines is 2. The van der Waals surface area contributed by atoms with Gasteiger partial charge in [-0.15, -0.1) is 0 Å². The van der Waals surface area contributed by atoms with Crippen molar-refractivity contribution in [1.82, 2.24) is 9.97 Å². The third-order valence-corrected chi connectivity index (χ3v) is 4.26. The van der Waals surface area contributed by atoms with Gasteiger partial charge in [0.05, 0.1) is 24.8 Å². The Balaban J connectivity index is 1.81. The summed E-state index contributed by atoms with van der Waals surface area (Å²) in [5.41, 5.74) is 2.11. The zero-order valence-corrected chi connectivity index (χ0v) is 16.4. The molecule has 1 aromatic heterocycles. The number of benzene rings is 2. The van der Waals surface area contributed by atoms with Crippen LogP contribution in [0.15, 0.2) is 67.0 Å². The van der Waals surface area contributed by atoms with Crippen LogP contribution < -0.4 is 10.6 Å². The van der Waals surface area contributed by atoms with Gasteiger partial charge in [0.15, 0.2) is 0 Å². The molecular formula is C22H22N4O4. The van der Waals surface area contributed by atoms with Crippen LogP contribution in [0.2, 0.25) is 0 Å². The Morgan fingerprint density at radius 1 is 1.13 bits per heavy atom. The number of hydrogen-bond donors (Lipinski definition) is 3. The second-order valence-corrected chi connectivity index (χ2v) is 6.32. The van der Waals surface area contributed by atoms with Crippen molar-refractivity contribution in [3.63, 3.8) is 0 Å². The monoisotopic (exact) mass is 406 g/mol. The smallest absolute Gasteiger partial charge is 0.330 e. The maximum Gasteiger partial charge on any atom is 0.330 e. The van der Waals surface area contributed by atoms with Crippen molar-refractivity contribution >= 4 is 34.3 Å². The molecule has 0 radical (unpaired) electrons. The molecule has 3 N–H and O–H groups in total. The van der Waals surface area contributed by atoms with Gasteiger partial charge in [-0.1, -0.05) is 30.3 Å². The minimum absolute atomic E-state index is 0.120. The molecule has 0 aliphatic rings. The lowest BCUT2D eigenvalue weighted by atomic mass is 10.1. The Kier molecular flexibility index (Phi) is 7.07. The summed E-state index contributed by atoms with van der Waals surface area (Å²) >= 11 is 0. The Bertz CT molecular complexity index is 1050. The summed E-state index contributed by atoms with van der Waals surface area (Å²) in [4.78, 5) is 31.9. The molecule has 3 aromatic rings. The van der Waals surface area contributed by atoms with E-state index in [0.717, 1.165) is 17.7 Å². The van der Waals surface area contributed by atoms with Gasteiger partial charge in [-0.2, -0.15) is 0 Å². The van der Waals surface area contributed by atoms with Crippen LogP contribution in [0.25, 0.3) is 10.9 Å². The molecule has 0 spiro atoms. The van der Waals surface area contributed by atoms with Gasteiger partial charge >= 0.3 is 5.97 Å². The quantitative estimate of drug-likeness (QED) is 0.389. The average molecular weight is 406 g/mol. The van der Waals surface area contributed by atoms with Gasteiger partial charge in [0, 0.05) is 23.2 Å². The van der Waals surface area contributed by atoms with Crippen molar-refractivity contribution in [3.05, 3.63) is 72.6 Å². The first-order valence-electron chi connectivity index (χ1n) is 9.43. The van der Waals surface area contributed by atoms with Gasteiger partial charge in [0.25, 0.3) is 0 Å². The summed E-state index contributed by atoms with van der Waals surface area (Å²) in [6, 6.07) is 14.4. The molecule has 1 heterocycles. The molecule has 0 saturated carbocycles. The van der Waals surface area contributed by atoms with Crippen LogP contribution in [0.1, 0.15) is 18.5 Å². The molecule has 2 aromatic carbocycles. The first-order chi connectivity index (χ1) is 14.6. The van der Waals surface area contributed by atoms with Gasteiger partial charge in [-0.25, -0.2) is 14.8 Å². The number of hydrogen-bond acceptors (Lipinski definition) is 7. The SMILES string of the molecule is CCOC(=O)/C=C/C(=O)Nc1ccc2ncnc(N[C@H](CO)c3ccccc3)c2c1. The van der Waals surface area contributed by atoms with E-state index in [1.54, 1.807) is 25.1 Å². The topological polar surface area (TPSA) is 113 Å². The molecule has 1 amide bonds. The van der Waals surface area contributed by atoms with Crippen molar-refractivity contribution in [2.24, 2.45) is 0 Å². The molecule has 3 rings (SSSR count). The highest BCUT2D eigenvalue weighted by atomic mass is 16.5. The van der Waals surface area contributed by atoms with Gasteiger partial charge in [-0.05, 0) is 30.7 Å². The van der Waals surface area contributed by atoms with Crippen molar-refractivity contribution in [2.75, 3.05) is 23.8 Å². The average Bonchev–Trinajstić information content (AvgIpc) is 2.77. The number of amides is 1. The van der Waals surface area contributed by atoms with Gasteiger partial charge in [0.1, 0.15) is 12.1 Å². The van der Waals surface area contributed by atoms with E-state index >= 15 is 0 Å². The lowest BCUT2D eigenvalue weighted by molar-refractivity contribution is -0.137. The standard InChI is InChI=1S/C22H22N4O4/c1-2-30-21(29)11-10-20(28)25-16-8-9-18-17(12-16)22(24-14-23-18)26-19(13-27)15-6-4-3-5-7-15/h3-12,14,19,27H,2,13H2,1H3,(H,25,28)(H,23,24,26)/b11-10+/t19-/m1/s1. The van der Waals surface area contributed by atoms with Crippen molar-refractivity contribution in [3.8, 4) is 0 Å². The lowest BCUT2D eigenvalue weighted by Gasteiger charge is -2.18.